The predicted molar refractivity (Wildman–Crippen MR) is 161 cm³/mol. The van der Waals surface area contributed by atoms with E-state index >= 15 is 0 Å². The first-order valence-corrected chi connectivity index (χ1v) is 14.4. The second-order valence-electron chi connectivity index (χ2n) is 10.6. The van der Waals surface area contributed by atoms with Crippen LogP contribution in [0, 0.1) is 0 Å². The number of ether oxygens (including phenoxy) is 1. The molecule has 5 heteroatoms. The molecule has 1 N–H and O–H groups in total. The zero-order chi connectivity index (χ0) is 28.3. The highest BCUT2D eigenvalue weighted by molar-refractivity contribution is 5.71. The van der Waals surface area contributed by atoms with E-state index in [0.717, 1.165) is 70.6 Å². The molecular weight excluding hydrogens is 474 g/mol. The van der Waals surface area contributed by atoms with Crippen LogP contribution in [0.25, 0.3) is 0 Å². The normalized spacial score (nSPS) is 13.8. The van der Waals surface area contributed by atoms with E-state index in [1.807, 2.05) is 21.1 Å². The third-order valence-corrected chi connectivity index (χ3v) is 5.55. The fourth-order valence-corrected chi connectivity index (χ4v) is 3.72. The van der Waals surface area contributed by atoms with Gasteiger partial charge < -0.3 is 14.3 Å². The molecule has 0 rings (SSSR count). The average Bonchev–Trinajstić information content (AvgIpc) is 2.83. The zero-order valence-corrected chi connectivity index (χ0v) is 24.5. The zero-order valence-electron chi connectivity index (χ0n) is 24.5. The molecule has 0 aliphatic carbocycles. The van der Waals surface area contributed by atoms with Gasteiger partial charge in [-0.15, -0.1) is 0 Å². The number of carboxylic acids is 1. The molecule has 214 valence electrons. The quantitative estimate of drug-likeness (QED) is 0.0629. The summed E-state index contributed by atoms with van der Waals surface area (Å²) >= 11 is 0. The van der Waals surface area contributed by atoms with Crippen LogP contribution < -0.4 is 0 Å². The Morgan fingerprint density at radius 2 is 1.13 bits per heavy atom. The SMILES string of the molecule is CC/C=C/C/C=C/C/C=C/C/C=C\C/C=C/C/C=C/CCCCCCC(=O)OC(CC(=O)O)C[N+](C)(C)C. The Morgan fingerprint density at radius 1 is 0.684 bits per heavy atom. The minimum Gasteiger partial charge on any atom is -0.481 e. The summed E-state index contributed by atoms with van der Waals surface area (Å²) in [6.07, 6.45) is 37.2. The van der Waals surface area contributed by atoms with Crippen molar-refractivity contribution in [3.05, 3.63) is 72.9 Å². The average molecular weight is 529 g/mol. The molecule has 0 spiro atoms. The Hall–Kier alpha value is -2.66. The molecule has 5 nitrogen and oxygen atoms in total. The van der Waals surface area contributed by atoms with E-state index in [9.17, 15) is 9.59 Å². The van der Waals surface area contributed by atoms with Crippen molar-refractivity contribution in [2.45, 2.75) is 96.5 Å². The van der Waals surface area contributed by atoms with Crippen LogP contribution in [0.4, 0.5) is 0 Å². The molecule has 1 atom stereocenters. The lowest BCUT2D eigenvalue weighted by Gasteiger charge is -2.28. The maximum Gasteiger partial charge on any atom is 0.307 e. The molecule has 38 heavy (non-hydrogen) atoms. The fourth-order valence-electron chi connectivity index (χ4n) is 3.72. The third kappa shape index (κ3) is 27.9. The second-order valence-corrected chi connectivity index (χ2v) is 10.6. The second kappa shape index (κ2) is 24.7. The summed E-state index contributed by atoms with van der Waals surface area (Å²) in [5, 5.41) is 9.04. The molecule has 0 aromatic rings. The van der Waals surface area contributed by atoms with Gasteiger partial charge in [0.05, 0.1) is 27.6 Å². The van der Waals surface area contributed by atoms with Gasteiger partial charge in [-0.1, -0.05) is 92.7 Å². The van der Waals surface area contributed by atoms with E-state index in [-0.39, 0.29) is 12.4 Å². The van der Waals surface area contributed by atoms with E-state index in [1.165, 1.54) is 0 Å². The summed E-state index contributed by atoms with van der Waals surface area (Å²) in [5.74, 6) is -1.23. The van der Waals surface area contributed by atoms with Crippen LogP contribution in [0.5, 0.6) is 0 Å². The highest BCUT2D eigenvalue weighted by Gasteiger charge is 2.24. The van der Waals surface area contributed by atoms with Crippen LogP contribution in [-0.2, 0) is 14.3 Å². The maximum absolute atomic E-state index is 12.1. The van der Waals surface area contributed by atoms with Gasteiger partial charge in [-0.3, -0.25) is 9.59 Å². The summed E-state index contributed by atoms with van der Waals surface area (Å²) in [4.78, 5) is 23.1. The molecule has 0 aliphatic rings. The number of hydrogen-bond acceptors (Lipinski definition) is 3. The van der Waals surface area contributed by atoms with Gasteiger partial charge in [-0.05, 0) is 57.8 Å². The van der Waals surface area contributed by atoms with Crippen LogP contribution in [-0.4, -0.2) is 55.3 Å². The minimum atomic E-state index is -0.939. The van der Waals surface area contributed by atoms with Gasteiger partial charge in [-0.2, -0.15) is 0 Å². The molecule has 0 aromatic carbocycles. The summed E-state index contributed by atoms with van der Waals surface area (Å²) in [5.41, 5.74) is 0. The van der Waals surface area contributed by atoms with E-state index in [4.69, 9.17) is 9.84 Å². The Morgan fingerprint density at radius 3 is 1.58 bits per heavy atom. The van der Waals surface area contributed by atoms with Crippen molar-refractivity contribution in [2.75, 3.05) is 27.7 Å². The maximum atomic E-state index is 12.1. The highest BCUT2D eigenvalue weighted by Crippen LogP contribution is 2.10. The number of likely N-dealkylation sites (N-methyl/N-ethyl adjacent to an activating group) is 1. The first kappa shape index (κ1) is 35.3. The number of esters is 1. The van der Waals surface area contributed by atoms with Crippen LogP contribution in [0.15, 0.2) is 72.9 Å². The fraction of sp³-hybridized carbons (Fsp3) is 0.576. The number of nitrogens with zero attached hydrogens (tertiary/aromatic N) is 1. The van der Waals surface area contributed by atoms with Gasteiger partial charge in [0.25, 0.3) is 0 Å². The Kier molecular flexibility index (Phi) is 22.9. The summed E-state index contributed by atoms with van der Waals surface area (Å²) in [6, 6.07) is 0. The van der Waals surface area contributed by atoms with Crippen molar-refractivity contribution >= 4 is 11.9 Å². The van der Waals surface area contributed by atoms with Crippen LogP contribution in [0.1, 0.15) is 90.4 Å². The van der Waals surface area contributed by atoms with Gasteiger partial charge in [-0.25, -0.2) is 0 Å². The molecule has 0 amide bonds. The summed E-state index contributed by atoms with van der Waals surface area (Å²) in [7, 11) is 5.88. The van der Waals surface area contributed by atoms with Crippen LogP contribution in [0.3, 0.4) is 0 Å². The Balaban J connectivity index is 3.73. The number of allylic oxidation sites excluding steroid dienone is 12. The number of carbonyl (C=O) groups is 2. The van der Waals surface area contributed by atoms with Crippen molar-refractivity contribution in [2.24, 2.45) is 0 Å². The number of carboxylic acid groups (broad SMARTS) is 1. The largest absolute Gasteiger partial charge is 0.481 e. The van der Waals surface area contributed by atoms with Gasteiger partial charge in [0.15, 0.2) is 6.10 Å². The smallest absolute Gasteiger partial charge is 0.307 e. The molecule has 0 aromatic heterocycles. The highest BCUT2D eigenvalue weighted by atomic mass is 16.5. The molecule has 0 fully saturated rings. The monoisotopic (exact) mass is 528 g/mol. The molecule has 0 saturated carbocycles. The molecule has 0 heterocycles. The molecule has 1 unspecified atom stereocenters. The lowest BCUT2D eigenvalue weighted by Crippen LogP contribution is -2.43. The standard InChI is InChI=1S/C33H53NO4/c1-5-6-7-8-9-10-11-12-13-14-15-16-17-18-19-20-21-22-23-24-25-26-27-28-33(37)38-31(29-32(35)36)30-34(2,3)4/h6-7,9-10,12-13,15-16,18-19,21-22,31H,5,8,11,14,17,20,23-30H2,1-4H3/p+1/b7-6+,10-9+,13-12+,16-15-,19-18+,22-21+. The number of aliphatic carboxylic acids is 1. The van der Waals surface area contributed by atoms with E-state index in [2.05, 4.69) is 79.8 Å². The van der Waals surface area contributed by atoms with Crippen LogP contribution in [0.2, 0.25) is 0 Å². The van der Waals surface area contributed by atoms with Gasteiger partial charge >= 0.3 is 11.9 Å². The van der Waals surface area contributed by atoms with Crippen molar-refractivity contribution in [3.8, 4) is 0 Å². The van der Waals surface area contributed by atoms with E-state index in [0.29, 0.717) is 17.4 Å². The van der Waals surface area contributed by atoms with Gasteiger partial charge in [0.2, 0.25) is 0 Å². The van der Waals surface area contributed by atoms with Crippen molar-refractivity contribution in [1.82, 2.24) is 0 Å². The molecular formula is C33H54NO4+. The molecule has 0 radical (unpaired) electrons. The number of carbonyl (C=O) groups excluding carboxylic acids is 1. The predicted octanol–water partition coefficient (Wildman–Crippen LogP) is 8.12. The minimum absolute atomic E-state index is 0.146. The number of hydrogen-bond donors (Lipinski definition) is 1. The lowest BCUT2D eigenvalue weighted by atomic mass is 10.1. The third-order valence-electron chi connectivity index (χ3n) is 5.55. The van der Waals surface area contributed by atoms with Crippen LogP contribution >= 0.6 is 0 Å². The molecule has 0 saturated heterocycles. The van der Waals surface area contributed by atoms with Gasteiger partial charge in [0, 0.05) is 6.42 Å². The number of unbranched alkanes of at least 4 members (excludes halogenated alkanes) is 4. The van der Waals surface area contributed by atoms with E-state index in [1.54, 1.807) is 0 Å². The Bertz CT molecular complexity index is 781. The van der Waals surface area contributed by atoms with Gasteiger partial charge in [0.1, 0.15) is 6.54 Å². The summed E-state index contributed by atoms with van der Waals surface area (Å²) in [6.45, 7) is 2.64. The first-order chi connectivity index (χ1) is 18.2. The van der Waals surface area contributed by atoms with Crippen molar-refractivity contribution in [3.63, 3.8) is 0 Å². The topological polar surface area (TPSA) is 63.6 Å². The molecule has 0 aliphatic heterocycles. The first-order valence-electron chi connectivity index (χ1n) is 14.4. The van der Waals surface area contributed by atoms with E-state index < -0.39 is 12.1 Å². The number of rotatable bonds is 23. The Labute approximate surface area is 232 Å². The van der Waals surface area contributed by atoms with Crippen molar-refractivity contribution in [1.29, 1.82) is 0 Å². The summed E-state index contributed by atoms with van der Waals surface area (Å²) < 4.78 is 5.98. The molecule has 0 bridgehead atoms. The van der Waals surface area contributed by atoms with Crippen molar-refractivity contribution < 1.29 is 23.9 Å². The number of quaternary nitrogens is 1. The lowest BCUT2D eigenvalue weighted by molar-refractivity contribution is -0.873.